The van der Waals surface area contributed by atoms with E-state index in [4.69, 9.17) is 0 Å². The number of sulfone groups is 2. The summed E-state index contributed by atoms with van der Waals surface area (Å²) in [6, 6.07) is 10.6. The van der Waals surface area contributed by atoms with Gasteiger partial charge in [0.15, 0.2) is 19.7 Å². The van der Waals surface area contributed by atoms with E-state index >= 15 is 0 Å². The maximum atomic E-state index is 12.9. The Kier molecular flexibility index (Phi) is 3.90. The molecule has 0 aromatic heterocycles. The van der Waals surface area contributed by atoms with E-state index in [1.54, 1.807) is 0 Å². The maximum absolute atomic E-state index is 12.9. The monoisotopic (exact) mass is 327 g/mol. The molecule has 0 fully saturated rings. The first kappa shape index (κ1) is 15.7. The second-order valence-corrected chi connectivity index (χ2v) is 8.57. The fourth-order valence-corrected chi connectivity index (χ4v) is 4.18. The van der Waals surface area contributed by atoms with Gasteiger partial charge in [-0.3, -0.25) is 0 Å². The van der Waals surface area contributed by atoms with Crippen molar-refractivity contribution in [3.8, 4) is 11.1 Å². The molecule has 2 aromatic carbocycles. The Morgan fingerprint density at radius 1 is 0.905 bits per heavy atom. The van der Waals surface area contributed by atoms with Crippen molar-refractivity contribution < 1.29 is 21.2 Å². The topological polar surface area (TPSA) is 68.3 Å². The number of hydrogen-bond donors (Lipinski definition) is 0. The molecule has 0 aliphatic carbocycles. The molecule has 0 aliphatic heterocycles. The zero-order valence-corrected chi connectivity index (χ0v) is 12.9. The molecule has 0 bridgehead atoms. The van der Waals surface area contributed by atoms with Gasteiger partial charge in [0.25, 0.3) is 0 Å². The quantitative estimate of drug-likeness (QED) is 0.866. The van der Waals surface area contributed by atoms with Crippen molar-refractivity contribution in [2.24, 2.45) is 0 Å². The van der Waals surface area contributed by atoms with Crippen LogP contribution < -0.4 is 0 Å². The molecule has 0 aliphatic rings. The molecule has 0 saturated carbocycles. The second kappa shape index (κ2) is 5.23. The zero-order chi connectivity index (χ0) is 15.8. The van der Waals surface area contributed by atoms with Crippen LogP contribution in [0.1, 0.15) is 0 Å². The van der Waals surface area contributed by atoms with Gasteiger partial charge in [-0.15, -0.1) is 0 Å². The van der Waals surface area contributed by atoms with Crippen molar-refractivity contribution in [2.75, 3.05) is 12.5 Å². The lowest BCUT2D eigenvalue weighted by Crippen LogP contribution is -2.07. The third kappa shape index (κ3) is 3.48. The van der Waals surface area contributed by atoms with Gasteiger partial charge < -0.3 is 0 Å². The fraction of sp³-hybridized carbons (Fsp3) is 0.143. The summed E-state index contributed by atoms with van der Waals surface area (Å²) >= 11 is 0. The molecule has 0 heterocycles. The van der Waals surface area contributed by atoms with Crippen LogP contribution >= 0.6 is 0 Å². The number of rotatable bonds is 3. The summed E-state index contributed by atoms with van der Waals surface area (Å²) < 4.78 is 59.8. The van der Waals surface area contributed by atoms with Crippen LogP contribution in [0.3, 0.4) is 0 Å². The summed E-state index contributed by atoms with van der Waals surface area (Å²) in [5, 5.41) is 0. The fourth-order valence-electron chi connectivity index (χ4n) is 1.84. The molecule has 2 rings (SSSR count). The summed E-state index contributed by atoms with van der Waals surface area (Å²) in [6.45, 7) is 0. The number of hydrogen-bond acceptors (Lipinski definition) is 4. The number of halogens is 1. The predicted octanol–water partition coefficient (Wildman–Crippen LogP) is 2.10. The standard InChI is InChI=1S/C14H12FO4S2/c1-20(16,17)13-8-5-11(9-14(13)21(2,18)19)10-3-6-12(15)7-4-10/h3-7,9H,1-2H3. The van der Waals surface area contributed by atoms with Gasteiger partial charge in [0.1, 0.15) is 5.82 Å². The van der Waals surface area contributed by atoms with Crippen LogP contribution in [0.25, 0.3) is 11.1 Å². The average molecular weight is 327 g/mol. The van der Waals surface area contributed by atoms with Gasteiger partial charge in [-0.25, -0.2) is 21.2 Å². The Balaban J connectivity index is 2.71. The van der Waals surface area contributed by atoms with Crippen molar-refractivity contribution in [3.05, 3.63) is 48.3 Å². The van der Waals surface area contributed by atoms with E-state index in [1.807, 2.05) is 0 Å². The van der Waals surface area contributed by atoms with Crippen molar-refractivity contribution in [2.45, 2.75) is 9.79 Å². The van der Waals surface area contributed by atoms with E-state index < -0.39 is 25.5 Å². The van der Waals surface area contributed by atoms with Crippen LogP contribution in [0.4, 0.5) is 4.39 Å². The van der Waals surface area contributed by atoms with Gasteiger partial charge in [-0.2, -0.15) is 0 Å². The van der Waals surface area contributed by atoms with E-state index in [9.17, 15) is 21.2 Å². The van der Waals surface area contributed by atoms with Crippen molar-refractivity contribution in [1.29, 1.82) is 0 Å². The molecule has 7 heteroatoms. The molecule has 0 saturated heterocycles. The summed E-state index contributed by atoms with van der Waals surface area (Å²) in [7, 11) is -7.46. The molecule has 21 heavy (non-hydrogen) atoms. The zero-order valence-electron chi connectivity index (χ0n) is 11.3. The minimum Gasteiger partial charge on any atom is -0.224 e. The van der Waals surface area contributed by atoms with Crippen molar-refractivity contribution >= 4 is 19.7 Å². The van der Waals surface area contributed by atoms with Crippen LogP contribution in [0.5, 0.6) is 0 Å². The highest BCUT2D eigenvalue weighted by Gasteiger charge is 2.21. The highest BCUT2D eigenvalue weighted by Crippen LogP contribution is 2.27. The normalized spacial score (nSPS) is 12.3. The highest BCUT2D eigenvalue weighted by atomic mass is 32.2. The SMILES string of the molecule is CS(=O)(=O)c1[c]cc(-c2ccc(F)cc2)cc1S(C)(=O)=O. The first-order chi connectivity index (χ1) is 9.59. The number of benzene rings is 2. The Morgan fingerprint density at radius 2 is 1.48 bits per heavy atom. The van der Waals surface area contributed by atoms with Crippen LogP contribution in [0.2, 0.25) is 0 Å². The van der Waals surface area contributed by atoms with Crippen molar-refractivity contribution in [1.82, 2.24) is 0 Å². The largest absolute Gasteiger partial charge is 0.224 e. The Labute approximate surface area is 123 Å². The summed E-state index contributed by atoms with van der Waals surface area (Å²) in [5.41, 5.74) is 1.01. The van der Waals surface area contributed by atoms with E-state index in [2.05, 4.69) is 6.07 Å². The summed E-state index contributed by atoms with van der Waals surface area (Å²) in [4.78, 5) is -0.678. The minimum atomic E-state index is -3.74. The molecule has 1 radical (unpaired) electrons. The first-order valence-electron chi connectivity index (χ1n) is 5.81. The first-order valence-corrected chi connectivity index (χ1v) is 9.59. The molecule has 0 unspecified atom stereocenters. The molecule has 2 aromatic rings. The van der Waals surface area contributed by atoms with Gasteiger partial charge >= 0.3 is 0 Å². The predicted molar refractivity (Wildman–Crippen MR) is 76.9 cm³/mol. The molecule has 0 spiro atoms. The van der Waals surface area contributed by atoms with Gasteiger partial charge in [-0.05, 0) is 35.4 Å². The van der Waals surface area contributed by atoms with Crippen LogP contribution in [-0.2, 0) is 19.7 Å². The lowest BCUT2D eigenvalue weighted by Gasteiger charge is -2.09. The molecule has 0 N–H and O–H groups in total. The lowest BCUT2D eigenvalue weighted by molar-refractivity contribution is 0.588. The van der Waals surface area contributed by atoms with E-state index in [-0.39, 0.29) is 9.79 Å². The molecule has 4 nitrogen and oxygen atoms in total. The molecule has 111 valence electrons. The summed E-state index contributed by atoms with van der Waals surface area (Å²) in [5.74, 6) is -0.418. The van der Waals surface area contributed by atoms with E-state index in [0.717, 1.165) is 12.5 Å². The van der Waals surface area contributed by atoms with E-state index in [0.29, 0.717) is 11.1 Å². The Morgan fingerprint density at radius 3 is 1.95 bits per heavy atom. The second-order valence-electron chi connectivity index (χ2n) is 4.63. The van der Waals surface area contributed by atoms with Crippen LogP contribution in [-0.4, -0.2) is 29.3 Å². The average Bonchev–Trinajstić information content (AvgIpc) is 2.37. The molecular weight excluding hydrogens is 315 g/mol. The molecular formula is C14H12FO4S2. The van der Waals surface area contributed by atoms with Gasteiger partial charge in [0, 0.05) is 18.6 Å². The van der Waals surface area contributed by atoms with Crippen LogP contribution in [0.15, 0.2) is 46.2 Å². The maximum Gasteiger partial charge on any atom is 0.177 e. The van der Waals surface area contributed by atoms with Crippen LogP contribution in [0, 0.1) is 11.9 Å². The van der Waals surface area contributed by atoms with Crippen molar-refractivity contribution in [3.63, 3.8) is 0 Å². The minimum absolute atomic E-state index is 0.313. The smallest absolute Gasteiger partial charge is 0.177 e. The van der Waals surface area contributed by atoms with E-state index in [1.165, 1.54) is 36.4 Å². The lowest BCUT2D eigenvalue weighted by atomic mass is 10.1. The molecule has 0 atom stereocenters. The Hall–Kier alpha value is -1.73. The Bertz CT molecular complexity index is 883. The van der Waals surface area contributed by atoms with Gasteiger partial charge in [-0.1, -0.05) is 12.1 Å². The third-order valence-corrected chi connectivity index (χ3v) is 5.15. The van der Waals surface area contributed by atoms with Gasteiger partial charge in [0.2, 0.25) is 0 Å². The summed E-state index contributed by atoms with van der Waals surface area (Å²) in [6.07, 6.45) is 1.85. The third-order valence-electron chi connectivity index (χ3n) is 2.82. The highest BCUT2D eigenvalue weighted by molar-refractivity contribution is 7.93. The van der Waals surface area contributed by atoms with Gasteiger partial charge in [0.05, 0.1) is 9.79 Å². The molecule has 0 amide bonds.